The third kappa shape index (κ3) is 6.13. The minimum absolute atomic E-state index is 0.00477. The third-order valence-electron chi connectivity index (χ3n) is 4.82. The molecule has 1 aliphatic rings. The first kappa shape index (κ1) is 22.9. The molecule has 0 aliphatic carbocycles. The van der Waals surface area contributed by atoms with Crippen LogP contribution >= 0.6 is 0 Å². The van der Waals surface area contributed by atoms with Crippen LogP contribution in [0.4, 0.5) is 11.4 Å². The Kier molecular flexibility index (Phi) is 7.91. The van der Waals surface area contributed by atoms with E-state index < -0.39 is 5.97 Å². The van der Waals surface area contributed by atoms with Gasteiger partial charge in [0.1, 0.15) is 17.2 Å². The van der Waals surface area contributed by atoms with Crippen LogP contribution in [0, 0.1) is 0 Å². The summed E-state index contributed by atoms with van der Waals surface area (Å²) in [6.45, 7) is 0.818. The Morgan fingerprint density at radius 3 is 2.53 bits per heavy atom. The van der Waals surface area contributed by atoms with Crippen molar-refractivity contribution in [3.63, 3.8) is 0 Å². The maximum absolute atomic E-state index is 12.4. The molecule has 2 aromatic carbocycles. The molecule has 9 heteroatoms. The fourth-order valence-electron chi connectivity index (χ4n) is 3.15. The predicted molar refractivity (Wildman–Crippen MR) is 117 cm³/mol. The van der Waals surface area contributed by atoms with E-state index in [1.165, 1.54) is 7.11 Å². The number of benzene rings is 2. The number of anilines is 2. The van der Waals surface area contributed by atoms with Gasteiger partial charge in [-0.15, -0.1) is 0 Å². The summed E-state index contributed by atoms with van der Waals surface area (Å²) in [4.78, 5) is 37.4. The van der Waals surface area contributed by atoms with Crippen LogP contribution in [-0.2, 0) is 19.1 Å². The molecule has 0 spiro atoms. The molecule has 0 saturated heterocycles. The van der Waals surface area contributed by atoms with E-state index in [-0.39, 0.29) is 31.3 Å². The lowest BCUT2D eigenvalue weighted by Gasteiger charge is -2.30. The first-order valence-corrected chi connectivity index (χ1v) is 10.2. The van der Waals surface area contributed by atoms with E-state index in [1.807, 2.05) is 24.3 Å². The van der Waals surface area contributed by atoms with E-state index in [0.717, 1.165) is 11.5 Å². The zero-order chi connectivity index (χ0) is 22.9. The Morgan fingerprint density at radius 1 is 1.06 bits per heavy atom. The van der Waals surface area contributed by atoms with Crippen molar-refractivity contribution in [3.8, 4) is 17.2 Å². The lowest BCUT2D eigenvalue weighted by atomic mass is 10.2. The molecular weight excluding hydrogens is 416 g/mol. The maximum atomic E-state index is 12.4. The number of amides is 2. The number of esters is 1. The van der Waals surface area contributed by atoms with E-state index >= 15 is 0 Å². The van der Waals surface area contributed by atoms with Crippen LogP contribution in [0.3, 0.4) is 0 Å². The average Bonchev–Trinajstić information content (AvgIpc) is 2.81. The minimum atomic E-state index is -0.451. The summed E-state index contributed by atoms with van der Waals surface area (Å²) in [6.07, 6.45) is 0.605. The van der Waals surface area contributed by atoms with Crippen molar-refractivity contribution < 1.29 is 33.3 Å². The van der Waals surface area contributed by atoms with Gasteiger partial charge in [-0.05, 0) is 48.9 Å². The number of hydrogen-bond acceptors (Lipinski definition) is 7. The van der Waals surface area contributed by atoms with Crippen molar-refractivity contribution >= 4 is 29.2 Å². The molecule has 1 N–H and O–H groups in total. The van der Waals surface area contributed by atoms with Gasteiger partial charge in [-0.1, -0.05) is 0 Å². The summed E-state index contributed by atoms with van der Waals surface area (Å²) < 4.78 is 20.9. The molecule has 0 unspecified atom stereocenters. The molecule has 1 heterocycles. The molecule has 2 aromatic rings. The van der Waals surface area contributed by atoms with Crippen LogP contribution in [0.2, 0.25) is 0 Å². The SMILES string of the molecule is COC(=O)CCC(=O)Nc1ccc2c(c1)N(CCCOc1ccc(OC)cc1)C(=O)CO2. The van der Waals surface area contributed by atoms with E-state index in [0.29, 0.717) is 36.7 Å². The Balaban J connectivity index is 1.57. The summed E-state index contributed by atoms with van der Waals surface area (Å²) in [7, 11) is 2.88. The monoisotopic (exact) mass is 442 g/mol. The van der Waals surface area contributed by atoms with E-state index in [1.54, 1.807) is 30.2 Å². The van der Waals surface area contributed by atoms with Gasteiger partial charge < -0.3 is 29.2 Å². The zero-order valence-corrected chi connectivity index (χ0v) is 18.1. The Morgan fingerprint density at radius 2 is 1.81 bits per heavy atom. The highest BCUT2D eigenvalue weighted by Crippen LogP contribution is 2.34. The zero-order valence-electron chi connectivity index (χ0n) is 18.1. The average molecular weight is 442 g/mol. The van der Waals surface area contributed by atoms with Gasteiger partial charge in [0, 0.05) is 18.7 Å². The van der Waals surface area contributed by atoms with Crippen molar-refractivity contribution in [1.82, 2.24) is 0 Å². The van der Waals surface area contributed by atoms with Crippen molar-refractivity contribution in [1.29, 1.82) is 0 Å². The van der Waals surface area contributed by atoms with E-state index in [9.17, 15) is 14.4 Å². The first-order valence-electron chi connectivity index (χ1n) is 10.2. The van der Waals surface area contributed by atoms with Crippen LogP contribution in [0.5, 0.6) is 17.2 Å². The Bertz CT molecular complexity index is 959. The van der Waals surface area contributed by atoms with Gasteiger partial charge in [0.2, 0.25) is 5.91 Å². The second-order valence-corrected chi connectivity index (χ2v) is 7.02. The van der Waals surface area contributed by atoms with Crippen LogP contribution in [0.25, 0.3) is 0 Å². The molecule has 9 nitrogen and oxygen atoms in total. The number of nitrogens with one attached hydrogen (secondary N) is 1. The van der Waals surface area contributed by atoms with Gasteiger partial charge in [-0.25, -0.2) is 0 Å². The van der Waals surface area contributed by atoms with Crippen molar-refractivity contribution in [2.45, 2.75) is 19.3 Å². The highest BCUT2D eigenvalue weighted by Gasteiger charge is 2.25. The minimum Gasteiger partial charge on any atom is -0.497 e. The standard InChI is InChI=1S/C23H26N2O7/c1-29-17-5-7-18(8-6-17)31-13-3-12-25-19-14-16(4-9-20(19)32-15-22(25)27)24-21(26)10-11-23(28)30-2/h4-9,14H,3,10-13,15H2,1-2H3,(H,24,26). The lowest BCUT2D eigenvalue weighted by molar-refractivity contribution is -0.141. The third-order valence-corrected chi connectivity index (χ3v) is 4.82. The number of carbonyl (C=O) groups excluding carboxylic acids is 3. The largest absolute Gasteiger partial charge is 0.497 e. The van der Waals surface area contributed by atoms with Crippen LogP contribution in [0.1, 0.15) is 19.3 Å². The van der Waals surface area contributed by atoms with Crippen molar-refractivity contribution in [2.24, 2.45) is 0 Å². The summed E-state index contributed by atoms with van der Waals surface area (Å²) >= 11 is 0. The van der Waals surface area contributed by atoms with Crippen molar-refractivity contribution in [3.05, 3.63) is 42.5 Å². The molecule has 0 saturated carbocycles. The van der Waals surface area contributed by atoms with E-state index in [2.05, 4.69) is 10.1 Å². The van der Waals surface area contributed by atoms with Crippen LogP contribution < -0.4 is 24.4 Å². The van der Waals surface area contributed by atoms with Crippen molar-refractivity contribution in [2.75, 3.05) is 44.2 Å². The molecule has 32 heavy (non-hydrogen) atoms. The number of ether oxygens (including phenoxy) is 4. The fraction of sp³-hybridized carbons (Fsp3) is 0.348. The molecular formula is C23H26N2O7. The summed E-state index contributed by atoms with van der Waals surface area (Å²) in [6, 6.07) is 12.4. The molecule has 2 amide bonds. The highest BCUT2D eigenvalue weighted by atomic mass is 16.5. The topological polar surface area (TPSA) is 103 Å². The number of hydrogen-bond donors (Lipinski definition) is 1. The molecule has 0 fully saturated rings. The maximum Gasteiger partial charge on any atom is 0.306 e. The second kappa shape index (κ2) is 11.0. The predicted octanol–water partition coefficient (Wildman–Crippen LogP) is 2.78. The molecule has 170 valence electrons. The molecule has 0 atom stereocenters. The van der Waals surface area contributed by atoms with Gasteiger partial charge >= 0.3 is 5.97 Å². The Labute approximate surface area is 186 Å². The second-order valence-electron chi connectivity index (χ2n) is 7.02. The summed E-state index contributed by atoms with van der Waals surface area (Å²) in [5.74, 6) is 1.09. The number of nitrogens with zero attached hydrogens (tertiary/aromatic N) is 1. The van der Waals surface area contributed by atoms with Gasteiger partial charge in [-0.2, -0.15) is 0 Å². The molecule has 1 aliphatic heterocycles. The summed E-state index contributed by atoms with van der Waals surface area (Å²) in [5.41, 5.74) is 1.09. The number of carbonyl (C=O) groups is 3. The Hall–Kier alpha value is -3.75. The van der Waals surface area contributed by atoms with Gasteiger partial charge in [0.15, 0.2) is 6.61 Å². The molecule has 0 aromatic heterocycles. The normalized spacial score (nSPS) is 12.4. The highest BCUT2D eigenvalue weighted by molar-refractivity contribution is 5.99. The molecule has 3 rings (SSSR count). The number of fused-ring (bicyclic) bond motifs is 1. The molecule has 0 radical (unpaired) electrons. The van der Waals surface area contributed by atoms with E-state index in [4.69, 9.17) is 14.2 Å². The van der Waals surface area contributed by atoms with Gasteiger partial charge in [0.05, 0.1) is 32.9 Å². The smallest absolute Gasteiger partial charge is 0.306 e. The van der Waals surface area contributed by atoms with Gasteiger partial charge in [-0.3, -0.25) is 14.4 Å². The van der Waals surface area contributed by atoms with Gasteiger partial charge in [0.25, 0.3) is 5.91 Å². The quantitative estimate of drug-likeness (QED) is 0.446. The first-order chi connectivity index (χ1) is 15.5. The fourth-order valence-corrected chi connectivity index (χ4v) is 3.15. The van der Waals surface area contributed by atoms with Crippen LogP contribution in [0.15, 0.2) is 42.5 Å². The number of rotatable bonds is 10. The number of methoxy groups -OCH3 is 2. The van der Waals surface area contributed by atoms with Crippen LogP contribution in [-0.4, -0.2) is 51.8 Å². The summed E-state index contributed by atoms with van der Waals surface area (Å²) in [5, 5.41) is 2.73. The molecule has 0 bridgehead atoms. The lowest BCUT2D eigenvalue weighted by Crippen LogP contribution is -2.39.